The third kappa shape index (κ3) is 3.24. The molecule has 3 rings (SSSR count). The van der Waals surface area contributed by atoms with Crippen LogP contribution in [-0.4, -0.2) is 37.2 Å². The van der Waals surface area contributed by atoms with Crippen LogP contribution in [0.2, 0.25) is 0 Å². The van der Waals surface area contributed by atoms with Crippen LogP contribution in [0.4, 0.5) is 5.69 Å². The summed E-state index contributed by atoms with van der Waals surface area (Å²) in [5.41, 5.74) is 2.54. The number of hydrogen-bond acceptors (Lipinski definition) is 3. The van der Waals surface area contributed by atoms with Gasteiger partial charge in [0.1, 0.15) is 0 Å². The monoisotopic (exact) mass is 317 g/mol. The maximum absolute atomic E-state index is 13.0. The Morgan fingerprint density at radius 2 is 2.13 bits per heavy atom. The van der Waals surface area contributed by atoms with E-state index in [-0.39, 0.29) is 17.7 Å². The van der Waals surface area contributed by atoms with Gasteiger partial charge in [-0.25, -0.2) is 0 Å². The molecular weight excluding hydrogens is 294 g/mol. The third-order valence-corrected chi connectivity index (χ3v) is 4.96. The SMILES string of the molecule is COCCC1(C(=O)N2CCCc3ccc(CC(=O)O)cc32)CC1. The van der Waals surface area contributed by atoms with Crippen LogP contribution in [0.25, 0.3) is 0 Å². The van der Waals surface area contributed by atoms with Crippen molar-refractivity contribution in [1.82, 2.24) is 0 Å². The number of carboxylic acid groups (broad SMARTS) is 1. The molecule has 1 amide bonds. The number of carbonyl (C=O) groups excluding carboxylic acids is 1. The van der Waals surface area contributed by atoms with Crippen LogP contribution in [0.15, 0.2) is 18.2 Å². The van der Waals surface area contributed by atoms with E-state index in [9.17, 15) is 9.59 Å². The van der Waals surface area contributed by atoms with E-state index < -0.39 is 5.97 Å². The van der Waals surface area contributed by atoms with Crippen molar-refractivity contribution < 1.29 is 19.4 Å². The molecule has 1 aliphatic heterocycles. The highest BCUT2D eigenvalue weighted by Gasteiger charge is 2.51. The van der Waals surface area contributed by atoms with E-state index in [1.807, 2.05) is 23.1 Å². The van der Waals surface area contributed by atoms with Gasteiger partial charge in [0.25, 0.3) is 0 Å². The number of carbonyl (C=O) groups is 2. The minimum absolute atomic E-state index is 0.00979. The Bertz CT molecular complexity index is 621. The Labute approximate surface area is 136 Å². The number of aryl methyl sites for hydroxylation is 1. The fourth-order valence-electron chi connectivity index (χ4n) is 3.42. The molecule has 0 aromatic heterocycles. The molecule has 124 valence electrons. The smallest absolute Gasteiger partial charge is 0.307 e. The van der Waals surface area contributed by atoms with Crippen LogP contribution >= 0.6 is 0 Å². The number of rotatable bonds is 6. The van der Waals surface area contributed by atoms with Crippen molar-refractivity contribution in [2.75, 3.05) is 25.2 Å². The summed E-state index contributed by atoms with van der Waals surface area (Å²) < 4.78 is 5.15. The largest absolute Gasteiger partial charge is 0.481 e. The summed E-state index contributed by atoms with van der Waals surface area (Å²) in [6.07, 6.45) is 4.51. The molecule has 0 bridgehead atoms. The highest BCUT2D eigenvalue weighted by atomic mass is 16.5. The second kappa shape index (κ2) is 6.32. The lowest BCUT2D eigenvalue weighted by Gasteiger charge is -2.33. The van der Waals surface area contributed by atoms with Crippen LogP contribution in [0, 0.1) is 5.41 Å². The second-order valence-corrected chi connectivity index (χ2v) is 6.62. The number of aliphatic carboxylic acids is 1. The number of nitrogens with zero attached hydrogens (tertiary/aromatic N) is 1. The average molecular weight is 317 g/mol. The normalized spacial score (nSPS) is 18.4. The lowest BCUT2D eigenvalue weighted by Crippen LogP contribution is -2.41. The Morgan fingerprint density at radius 3 is 2.78 bits per heavy atom. The molecule has 1 heterocycles. The second-order valence-electron chi connectivity index (χ2n) is 6.62. The molecule has 5 heteroatoms. The van der Waals surface area contributed by atoms with Crippen molar-refractivity contribution in [2.24, 2.45) is 5.41 Å². The van der Waals surface area contributed by atoms with E-state index in [1.165, 1.54) is 0 Å². The average Bonchev–Trinajstić information content (AvgIpc) is 3.32. The van der Waals surface area contributed by atoms with E-state index in [1.54, 1.807) is 7.11 Å². The predicted molar refractivity (Wildman–Crippen MR) is 86.6 cm³/mol. The summed E-state index contributed by atoms with van der Waals surface area (Å²) in [7, 11) is 1.66. The maximum atomic E-state index is 13.0. The zero-order valence-corrected chi connectivity index (χ0v) is 13.5. The first kappa shape index (κ1) is 16.0. The molecule has 1 fully saturated rings. The summed E-state index contributed by atoms with van der Waals surface area (Å²) in [4.78, 5) is 25.9. The number of amides is 1. The minimum Gasteiger partial charge on any atom is -0.481 e. The number of methoxy groups -OCH3 is 1. The van der Waals surface area contributed by atoms with Crippen LogP contribution in [0.3, 0.4) is 0 Å². The maximum Gasteiger partial charge on any atom is 0.307 e. The number of hydrogen-bond donors (Lipinski definition) is 1. The number of anilines is 1. The molecule has 0 atom stereocenters. The molecule has 1 aromatic rings. The van der Waals surface area contributed by atoms with Crippen molar-refractivity contribution in [3.05, 3.63) is 29.3 Å². The summed E-state index contributed by atoms with van der Waals surface area (Å²) >= 11 is 0. The molecule has 1 aliphatic carbocycles. The Balaban J connectivity index is 1.85. The first-order valence-electron chi connectivity index (χ1n) is 8.20. The van der Waals surface area contributed by atoms with Crippen LogP contribution < -0.4 is 4.90 Å². The summed E-state index contributed by atoms with van der Waals surface area (Å²) in [5, 5.41) is 8.99. The van der Waals surface area contributed by atoms with E-state index in [0.29, 0.717) is 6.61 Å². The fourth-order valence-corrected chi connectivity index (χ4v) is 3.42. The van der Waals surface area contributed by atoms with E-state index >= 15 is 0 Å². The van der Waals surface area contributed by atoms with Crippen molar-refractivity contribution in [3.8, 4) is 0 Å². The highest BCUT2D eigenvalue weighted by molar-refractivity contribution is 6.00. The van der Waals surface area contributed by atoms with Crippen molar-refractivity contribution in [2.45, 2.75) is 38.5 Å². The lowest BCUT2D eigenvalue weighted by molar-refractivity contribution is -0.136. The number of benzene rings is 1. The molecule has 1 aromatic carbocycles. The molecular formula is C18H23NO4. The van der Waals surface area contributed by atoms with E-state index in [0.717, 1.165) is 55.5 Å². The highest BCUT2D eigenvalue weighted by Crippen LogP contribution is 2.51. The Hall–Kier alpha value is -1.88. The quantitative estimate of drug-likeness (QED) is 0.875. The number of carboxylic acids is 1. The van der Waals surface area contributed by atoms with Crippen molar-refractivity contribution in [3.63, 3.8) is 0 Å². The molecule has 1 saturated carbocycles. The van der Waals surface area contributed by atoms with Gasteiger partial charge in [-0.2, -0.15) is 0 Å². The fraction of sp³-hybridized carbons (Fsp3) is 0.556. The van der Waals surface area contributed by atoms with Crippen LogP contribution in [0.5, 0.6) is 0 Å². The van der Waals surface area contributed by atoms with Gasteiger partial charge >= 0.3 is 5.97 Å². The topological polar surface area (TPSA) is 66.8 Å². The summed E-state index contributed by atoms with van der Waals surface area (Å²) in [6.45, 7) is 1.32. The van der Waals surface area contributed by atoms with Gasteiger partial charge in [-0.1, -0.05) is 12.1 Å². The third-order valence-electron chi connectivity index (χ3n) is 4.96. The van der Waals surface area contributed by atoms with Gasteiger partial charge in [-0.15, -0.1) is 0 Å². The molecule has 0 spiro atoms. The predicted octanol–water partition coefficient (Wildman–Crippen LogP) is 2.41. The Kier molecular flexibility index (Phi) is 4.39. The van der Waals surface area contributed by atoms with Gasteiger partial charge < -0.3 is 14.7 Å². The van der Waals surface area contributed by atoms with Gasteiger partial charge in [-0.3, -0.25) is 9.59 Å². The first-order valence-corrected chi connectivity index (χ1v) is 8.20. The molecule has 23 heavy (non-hydrogen) atoms. The molecule has 2 aliphatic rings. The van der Waals surface area contributed by atoms with Gasteiger partial charge in [0, 0.05) is 25.9 Å². The van der Waals surface area contributed by atoms with Crippen LogP contribution in [0.1, 0.15) is 36.8 Å². The molecule has 5 nitrogen and oxygen atoms in total. The van der Waals surface area contributed by atoms with Gasteiger partial charge in [-0.05, 0) is 49.3 Å². The zero-order valence-electron chi connectivity index (χ0n) is 13.5. The van der Waals surface area contributed by atoms with Crippen molar-refractivity contribution in [1.29, 1.82) is 0 Å². The van der Waals surface area contributed by atoms with E-state index in [4.69, 9.17) is 9.84 Å². The van der Waals surface area contributed by atoms with Crippen LogP contribution in [-0.2, 0) is 27.2 Å². The lowest BCUT2D eigenvalue weighted by atomic mass is 9.95. The zero-order chi connectivity index (χ0) is 16.4. The first-order chi connectivity index (χ1) is 11.1. The standard InChI is InChI=1S/C18H23NO4/c1-23-10-8-18(6-7-18)17(22)19-9-2-3-14-5-4-13(11-15(14)19)12-16(20)21/h4-5,11H,2-3,6-10,12H2,1H3,(H,20,21). The minimum atomic E-state index is -0.850. The van der Waals surface area contributed by atoms with Gasteiger partial charge in [0.05, 0.1) is 11.8 Å². The van der Waals surface area contributed by atoms with Crippen molar-refractivity contribution >= 4 is 17.6 Å². The number of fused-ring (bicyclic) bond motifs is 1. The molecule has 0 radical (unpaired) electrons. The Morgan fingerprint density at radius 1 is 1.35 bits per heavy atom. The van der Waals surface area contributed by atoms with Gasteiger partial charge in [0.15, 0.2) is 0 Å². The molecule has 0 saturated heterocycles. The summed E-state index contributed by atoms with van der Waals surface area (Å²) in [6, 6.07) is 5.72. The van der Waals surface area contributed by atoms with Gasteiger partial charge in [0.2, 0.25) is 5.91 Å². The molecule has 0 unspecified atom stereocenters. The summed E-state index contributed by atoms with van der Waals surface area (Å²) in [5.74, 6) is -0.666. The number of ether oxygens (including phenoxy) is 1. The van der Waals surface area contributed by atoms with E-state index in [2.05, 4.69) is 0 Å². The molecule has 1 N–H and O–H groups in total.